The van der Waals surface area contributed by atoms with Gasteiger partial charge in [-0.25, -0.2) is 0 Å². The zero-order valence-corrected chi connectivity index (χ0v) is 13.0. The van der Waals surface area contributed by atoms with Gasteiger partial charge in [0.15, 0.2) is 12.4 Å². The normalized spacial score (nSPS) is 10.4. The fourth-order valence-corrected chi connectivity index (χ4v) is 2.01. The summed E-state index contributed by atoms with van der Waals surface area (Å²) in [4.78, 5) is 11.8. The number of nitrogens with one attached hydrogen (secondary N) is 2. The molecule has 112 valence electrons. The number of carbonyl (C=O) groups excluding carboxylic acids is 1. The molecular weight excluding hydrogens is 313 g/mol. The van der Waals surface area contributed by atoms with Gasteiger partial charge in [0.2, 0.25) is 0 Å². The Kier molecular flexibility index (Phi) is 5.47. The lowest BCUT2D eigenvalue weighted by Gasteiger charge is -2.06. The fraction of sp³-hybridized carbons (Fsp3) is 0.286. The zero-order valence-electron chi connectivity index (χ0n) is 11.5. The van der Waals surface area contributed by atoms with Crippen LogP contribution in [0.15, 0.2) is 24.3 Å². The summed E-state index contributed by atoms with van der Waals surface area (Å²) in [6, 6.07) is 6.63. The molecule has 21 heavy (non-hydrogen) atoms. The number of carbonyl (C=O) groups is 1. The molecule has 0 aliphatic heterocycles. The van der Waals surface area contributed by atoms with E-state index in [1.165, 1.54) is 0 Å². The molecule has 0 bridgehead atoms. The molecule has 0 aliphatic carbocycles. The van der Waals surface area contributed by atoms with Crippen LogP contribution in [-0.2, 0) is 11.2 Å². The first-order valence-electron chi connectivity index (χ1n) is 6.50. The van der Waals surface area contributed by atoms with Crippen LogP contribution >= 0.6 is 23.2 Å². The van der Waals surface area contributed by atoms with Crippen molar-refractivity contribution in [2.75, 3.05) is 11.9 Å². The molecule has 1 aromatic heterocycles. The summed E-state index contributed by atoms with van der Waals surface area (Å²) < 4.78 is 5.34. The number of amides is 1. The first-order valence-corrected chi connectivity index (χ1v) is 7.26. The average Bonchev–Trinajstić information content (AvgIpc) is 2.88. The number of rotatable bonds is 6. The van der Waals surface area contributed by atoms with Crippen LogP contribution < -0.4 is 10.1 Å². The number of H-pyrrole nitrogens is 1. The summed E-state index contributed by atoms with van der Waals surface area (Å²) in [6.07, 6.45) is 1.90. The van der Waals surface area contributed by atoms with Crippen molar-refractivity contribution in [3.8, 4) is 5.75 Å². The standard InChI is InChI=1S/C14H15Cl2N3O2/c1-2-3-9-6-13(19-18-9)17-14(20)8-21-10-4-5-11(15)12(16)7-10/h4-7H,2-3,8H2,1H3,(H2,17,18,19,20). The third-order valence-electron chi connectivity index (χ3n) is 2.68. The summed E-state index contributed by atoms with van der Waals surface area (Å²) in [5, 5.41) is 10.3. The molecule has 0 unspecified atom stereocenters. The lowest BCUT2D eigenvalue weighted by molar-refractivity contribution is -0.118. The van der Waals surface area contributed by atoms with Gasteiger partial charge in [0, 0.05) is 17.8 Å². The van der Waals surface area contributed by atoms with E-state index in [0.717, 1.165) is 18.5 Å². The van der Waals surface area contributed by atoms with Gasteiger partial charge in [-0.1, -0.05) is 36.5 Å². The summed E-state index contributed by atoms with van der Waals surface area (Å²) >= 11 is 11.7. The van der Waals surface area contributed by atoms with Crippen molar-refractivity contribution in [3.05, 3.63) is 40.0 Å². The molecule has 2 rings (SSSR count). The monoisotopic (exact) mass is 327 g/mol. The first kappa shape index (κ1) is 15.7. The van der Waals surface area contributed by atoms with Crippen LogP contribution in [0.3, 0.4) is 0 Å². The van der Waals surface area contributed by atoms with Gasteiger partial charge in [-0.2, -0.15) is 5.10 Å². The SMILES string of the molecule is CCCc1cc(NC(=O)COc2ccc(Cl)c(Cl)c2)n[nH]1. The van der Waals surface area contributed by atoms with Gasteiger partial charge < -0.3 is 10.1 Å². The zero-order chi connectivity index (χ0) is 15.2. The molecule has 0 radical (unpaired) electrons. The second-order valence-corrected chi connectivity index (χ2v) is 5.26. The molecule has 0 spiro atoms. The smallest absolute Gasteiger partial charge is 0.263 e. The number of hydrogen-bond donors (Lipinski definition) is 2. The van der Waals surface area contributed by atoms with Gasteiger partial charge in [0.05, 0.1) is 10.0 Å². The molecular formula is C14H15Cl2N3O2. The van der Waals surface area contributed by atoms with Gasteiger partial charge in [-0.05, 0) is 18.6 Å². The second kappa shape index (κ2) is 7.33. The van der Waals surface area contributed by atoms with E-state index >= 15 is 0 Å². The number of halogens is 2. The van der Waals surface area contributed by atoms with Crippen LogP contribution in [0.5, 0.6) is 5.75 Å². The van der Waals surface area contributed by atoms with Crippen molar-refractivity contribution in [3.63, 3.8) is 0 Å². The number of nitrogens with zero attached hydrogens (tertiary/aromatic N) is 1. The molecule has 1 amide bonds. The van der Waals surface area contributed by atoms with Crippen molar-refractivity contribution < 1.29 is 9.53 Å². The number of ether oxygens (including phenoxy) is 1. The molecule has 0 aliphatic rings. The van der Waals surface area contributed by atoms with E-state index in [1.54, 1.807) is 24.3 Å². The number of aromatic nitrogens is 2. The molecule has 2 aromatic rings. The van der Waals surface area contributed by atoms with Crippen molar-refractivity contribution in [1.29, 1.82) is 0 Å². The summed E-state index contributed by atoms with van der Waals surface area (Å²) in [7, 11) is 0. The van der Waals surface area contributed by atoms with Gasteiger partial charge in [0.1, 0.15) is 5.75 Å². The topological polar surface area (TPSA) is 67.0 Å². The van der Waals surface area contributed by atoms with E-state index in [1.807, 2.05) is 0 Å². The number of anilines is 1. The lowest BCUT2D eigenvalue weighted by Crippen LogP contribution is -2.20. The molecule has 0 saturated heterocycles. The Hall–Kier alpha value is -1.72. The highest BCUT2D eigenvalue weighted by Gasteiger charge is 2.07. The van der Waals surface area contributed by atoms with Gasteiger partial charge in [-0.3, -0.25) is 9.89 Å². The molecule has 0 fully saturated rings. The van der Waals surface area contributed by atoms with Crippen LogP contribution in [0.4, 0.5) is 5.82 Å². The number of hydrogen-bond acceptors (Lipinski definition) is 3. The highest BCUT2D eigenvalue weighted by Crippen LogP contribution is 2.26. The largest absolute Gasteiger partial charge is 0.484 e. The Morgan fingerprint density at radius 3 is 2.86 bits per heavy atom. The van der Waals surface area contributed by atoms with Crippen LogP contribution in [0.1, 0.15) is 19.0 Å². The predicted molar refractivity (Wildman–Crippen MR) is 83.2 cm³/mol. The third kappa shape index (κ3) is 4.65. The minimum absolute atomic E-state index is 0.131. The van der Waals surface area contributed by atoms with Crippen LogP contribution in [0, 0.1) is 0 Å². The van der Waals surface area contributed by atoms with Crippen LogP contribution in [0.2, 0.25) is 10.0 Å². The molecule has 7 heteroatoms. The molecule has 0 saturated carbocycles. The number of aromatic amines is 1. The van der Waals surface area contributed by atoms with Crippen molar-refractivity contribution >= 4 is 34.9 Å². The number of aryl methyl sites for hydroxylation is 1. The third-order valence-corrected chi connectivity index (χ3v) is 3.42. The van der Waals surface area contributed by atoms with Crippen molar-refractivity contribution in [2.24, 2.45) is 0 Å². The summed E-state index contributed by atoms with van der Waals surface area (Å²) in [5.41, 5.74) is 0.984. The quantitative estimate of drug-likeness (QED) is 0.850. The summed E-state index contributed by atoms with van der Waals surface area (Å²) in [5.74, 6) is 0.671. The highest BCUT2D eigenvalue weighted by atomic mass is 35.5. The minimum atomic E-state index is -0.296. The van der Waals surface area contributed by atoms with E-state index in [4.69, 9.17) is 27.9 Å². The van der Waals surface area contributed by atoms with Gasteiger partial charge in [-0.15, -0.1) is 0 Å². The molecule has 1 heterocycles. The van der Waals surface area contributed by atoms with E-state index in [2.05, 4.69) is 22.4 Å². The van der Waals surface area contributed by atoms with Crippen LogP contribution in [-0.4, -0.2) is 22.7 Å². The average molecular weight is 328 g/mol. The minimum Gasteiger partial charge on any atom is -0.484 e. The fourth-order valence-electron chi connectivity index (χ4n) is 1.72. The maximum absolute atomic E-state index is 11.8. The predicted octanol–water partition coefficient (Wildman–Crippen LogP) is 3.69. The summed E-state index contributed by atoms with van der Waals surface area (Å²) in [6.45, 7) is 1.94. The first-order chi connectivity index (χ1) is 10.1. The Labute approximate surface area is 132 Å². The Bertz CT molecular complexity index is 628. The Morgan fingerprint density at radius 1 is 1.33 bits per heavy atom. The molecule has 2 N–H and O–H groups in total. The lowest BCUT2D eigenvalue weighted by atomic mass is 10.2. The maximum atomic E-state index is 11.8. The Morgan fingerprint density at radius 2 is 2.14 bits per heavy atom. The van der Waals surface area contributed by atoms with E-state index < -0.39 is 0 Å². The molecule has 0 atom stereocenters. The van der Waals surface area contributed by atoms with Crippen molar-refractivity contribution in [1.82, 2.24) is 10.2 Å². The maximum Gasteiger partial charge on any atom is 0.263 e. The van der Waals surface area contributed by atoms with Gasteiger partial charge >= 0.3 is 0 Å². The number of benzene rings is 1. The van der Waals surface area contributed by atoms with E-state index in [0.29, 0.717) is 21.6 Å². The van der Waals surface area contributed by atoms with Crippen LogP contribution in [0.25, 0.3) is 0 Å². The Balaban J connectivity index is 1.85. The highest BCUT2D eigenvalue weighted by molar-refractivity contribution is 6.42. The van der Waals surface area contributed by atoms with E-state index in [-0.39, 0.29) is 12.5 Å². The van der Waals surface area contributed by atoms with E-state index in [9.17, 15) is 4.79 Å². The molecule has 1 aromatic carbocycles. The molecule has 5 nitrogen and oxygen atoms in total. The van der Waals surface area contributed by atoms with Crippen molar-refractivity contribution in [2.45, 2.75) is 19.8 Å². The second-order valence-electron chi connectivity index (χ2n) is 4.44. The van der Waals surface area contributed by atoms with Gasteiger partial charge in [0.25, 0.3) is 5.91 Å².